The number of carbonyl (C=O) groups excluding carboxylic acids is 2. The number of hydrogen-bond acceptors (Lipinski definition) is 3. The zero-order chi connectivity index (χ0) is 21.7. The SMILES string of the molecule is CC[NH+](CC)CCCN1C(=O)C(=O)C(=C(O)c2ccccc2)[C@@H]1c1cccc(Cl)c1. The Balaban J connectivity index is 2.01. The first-order chi connectivity index (χ1) is 14.5. The number of quaternary nitrogens is 1. The molecule has 1 amide bonds. The highest BCUT2D eigenvalue weighted by Gasteiger charge is 2.45. The number of hydrogen-bond donors (Lipinski definition) is 2. The first kappa shape index (κ1) is 22.1. The van der Waals surface area contributed by atoms with Gasteiger partial charge in [-0.1, -0.05) is 54.1 Å². The number of carbonyl (C=O) groups is 2. The molecule has 158 valence electrons. The second kappa shape index (κ2) is 9.92. The summed E-state index contributed by atoms with van der Waals surface area (Å²) in [4.78, 5) is 28.9. The fourth-order valence-electron chi connectivity index (χ4n) is 3.99. The minimum Gasteiger partial charge on any atom is -0.507 e. The molecule has 0 saturated carbocycles. The van der Waals surface area contributed by atoms with Gasteiger partial charge in [0, 0.05) is 23.6 Å². The van der Waals surface area contributed by atoms with E-state index in [9.17, 15) is 14.7 Å². The number of Topliss-reactive ketones (excluding diaryl/α,β-unsaturated/α-hetero) is 1. The first-order valence-corrected chi connectivity index (χ1v) is 10.8. The third-order valence-corrected chi connectivity index (χ3v) is 5.92. The van der Waals surface area contributed by atoms with E-state index in [1.54, 1.807) is 47.4 Å². The average Bonchev–Trinajstić information content (AvgIpc) is 3.02. The molecule has 2 N–H and O–H groups in total. The number of amides is 1. The van der Waals surface area contributed by atoms with Gasteiger partial charge in [-0.3, -0.25) is 9.59 Å². The summed E-state index contributed by atoms with van der Waals surface area (Å²) in [6, 6.07) is 15.3. The van der Waals surface area contributed by atoms with Crippen LogP contribution in [0.25, 0.3) is 5.76 Å². The van der Waals surface area contributed by atoms with Crippen molar-refractivity contribution in [2.75, 3.05) is 26.2 Å². The van der Waals surface area contributed by atoms with E-state index in [-0.39, 0.29) is 11.3 Å². The summed E-state index contributed by atoms with van der Waals surface area (Å²) in [6.45, 7) is 7.66. The number of aliphatic hydroxyl groups excluding tert-OH is 1. The number of aliphatic hydroxyl groups is 1. The molecule has 0 aliphatic carbocycles. The zero-order valence-corrected chi connectivity index (χ0v) is 18.2. The highest BCUT2D eigenvalue weighted by molar-refractivity contribution is 6.46. The molecule has 1 atom stereocenters. The van der Waals surface area contributed by atoms with Crippen molar-refractivity contribution in [1.82, 2.24) is 4.90 Å². The maximum absolute atomic E-state index is 13.0. The van der Waals surface area contributed by atoms with Gasteiger partial charge in [0.25, 0.3) is 11.7 Å². The van der Waals surface area contributed by atoms with E-state index in [2.05, 4.69) is 13.8 Å². The number of ketones is 1. The summed E-state index contributed by atoms with van der Waals surface area (Å²) in [5.74, 6) is -1.39. The van der Waals surface area contributed by atoms with E-state index >= 15 is 0 Å². The quantitative estimate of drug-likeness (QED) is 0.386. The molecule has 2 aromatic carbocycles. The van der Waals surface area contributed by atoms with E-state index in [4.69, 9.17) is 11.6 Å². The van der Waals surface area contributed by atoms with Crippen LogP contribution < -0.4 is 4.90 Å². The summed E-state index contributed by atoms with van der Waals surface area (Å²) in [5.41, 5.74) is 1.34. The molecule has 0 aromatic heterocycles. The van der Waals surface area contributed by atoms with Gasteiger partial charge in [-0.25, -0.2) is 0 Å². The molecule has 1 saturated heterocycles. The molecule has 0 unspecified atom stereocenters. The number of benzene rings is 2. The van der Waals surface area contributed by atoms with Crippen LogP contribution in [0.2, 0.25) is 5.02 Å². The summed E-state index contributed by atoms with van der Waals surface area (Å²) in [5, 5.41) is 11.5. The second-order valence-electron chi connectivity index (χ2n) is 7.47. The maximum atomic E-state index is 13.0. The number of nitrogens with zero attached hydrogens (tertiary/aromatic N) is 1. The third-order valence-electron chi connectivity index (χ3n) is 5.68. The van der Waals surface area contributed by atoms with Crippen molar-refractivity contribution in [2.24, 2.45) is 0 Å². The predicted octanol–water partition coefficient (Wildman–Crippen LogP) is 3.08. The molecule has 30 heavy (non-hydrogen) atoms. The van der Waals surface area contributed by atoms with Crippen molar-refractivity contribution in [3.63, 3.8) is 0 Å². The van der Waals surface area contributed by atoms with Crippen LogP contribution >= 0.6 is 11.6 Å². The maximum Gasteiger partial charge on any atom is 0.295 e. The Labute approximate surface area is 182 Å². The molecule has 0 spiro atoms. The average molecular weight is 428 g/mol. The Hall–Kier alpha value is -2.63. The van der Waals surface area contributed by atoms with Crippen LogP contribution in [0.15, 0.2) is 60.2 Å². The normalized spacial score (nSPS) is 18.4. The van der Waals surface area contributed by atoms with Crippen LogP contribution in [0.3, 0.4) is 0 Å². The number of rotatable bonds is 8. The monoisotopic (exact) mass is 427 g/mol. The molecular weight excluding hydrogens is 400 g/mol. The van der Waals surface area contributed by atoms with Crippen molar-refractivity contribution in [2.45, 2.75) is 26.3 Å². The van der Waals surface area contributed by atoms with Gasteiger partial charge in [-0.05, 0) is 31.5 Å². The summed E-state index contributed by atoms with van der Waals surface area (Å²) in [7, 11) is 0. The van der Waals surface area contributed by atoms with E-state index in [1.807, 2.05) is 12.1 Å². The first-order valence-electron chi connectivity index (χ1n) is 10.4. The van der Waals surface area contributed by atoms with Gasteiger partial charge in [0.2, 0.25) is 0 Å². The van der Waals surface area contributed by atoms with E-state index in [0.717, 1.165) is 31.6 Å². The van der Waals surface area contributed by atoms with Crippen molar-refractivity contribution in [3.05, 3.63) is 76.3 Å². The molecule has 3 rings (SSSR count). The van der Waals surface area contributed by atoms with Gasteiger partial charge < -0.3 is 14.9 Å². The van der Waals surface area contributed by atoms with Crippen LogP contribution in [-0.2, 0) is 9.59 Å². The predicted molar refractivity (Wildman–Crippen MR) is 118 cm³/mol. The summed E-state index contributed by atoms with van der Waals surface area (Å²) >= 11 is 6.20. The lowest BCUT2D eigenvalue weighted by atomic mass is 9.95. The number of likely N-dealkylation sites (tertiary alicyclic amines) is 1. The molecule has 2 aromatic rings. The molecule has 0 bridgehead atoms. The van der Waals surface area contributed by atoms with Crippen molar-refractivity contribution in [3.8, 4) is 0 Å². The van der Waals surface area contributed by atoms with Crippen molar-refractivity contribution in [1.29, 1.82) is 0 Å². The topological polar surface area (TPSA) is 62.0 Å². The fraction of sp³-hybridized carbons (Fsp3) is 0.333. The largest absolute Gasteiger partial charge is 0.507 e. The Morgan fingerprint density at radius 3 is 2.40 bits per heavy atom. The molecule has 6 heteroatoms. The van der Waals surface area contributed by atoms with Crippen LogP contribution in [0.4, 0.5) is 0 Å². The molecular formula is C24H28ClN2O3+. The van der Waals surface area contributed by atoms with Gasteiger partial charge >= 0.3 is 0 Å². The Bertz CT molecular complexity index is 938. The molecule has 5 nitrogen and oxygen atoms in total. The zero-order valence-electron chi connectivity index (χ0n) is 17.4. The summed E-state index contributed by atoms with van der Waals surface area (Å²) in [6.07, 6.45) is 0.770. The number of halogens is 1. The fourth-order valence-corrected chi connectivity index (χ4v) is 4.19. The van der Waals surface area contributed by atoms with Gasteiger partial charge in [0.15, 0.2) is 0 Å². The van der Waals surface area contributed by atoms with E-state index < -0.39 is 17.7 Å². The van der Waals surface area contributed by atoms with Gasteiger partial charge in [0.1, 0.15) is 5.76 Å². The van der Waals surface area contributed by atoms with Crippen molar-refractivity contribution >= 4 is 29.1 Å². The lowest BCUT2D eigenvalue weighted by Gasteiger charge is -2.26. The highest BCUT2D eigenvalue weighted by atomic mass is 35.5. The Kier molecular flexibility index (Phi) is 7.29. The molecule has 1 heterocycles. The second-order valence-corrected chi connectivity index (χ2v) is 7.91. The van der Waals surface area contributed by atoms with Crippen LogP contribution in [0.5, 0.6) is 0 Å². The van der Waals surface area contributed by atoms with Gasteiger partial charge in [-0.15, -0.1) is 0 Å². The van der Waals surface area contributed by atoms with E-state index in [1.165, 1.54) is 4.90 Å². The van der Waals surface area contributed by atoms with Crippen molar-refractivity contribution < 1.29 is 19.6 Å². The number of nitrogens with one attached hydrogen (secondary N) is 1. The minimum atomic E-state index is -0.657. The minimum absolute atomic E-state index is 0.114. The molecule has 1 aliphatic rings. The highest BCUT2D eigenvalue weighted by Crippen LogP contribution is 2.39. The smallest absolute Gasteiger partial charge is 0.295 e. The lowest BCUT2D eigenvalue weighted by Crippen LogP contribution is -3.11. The molecule has 1 aliphatic heterocycles. The van der Waals surface area contributed by atoms with Crippen LogP contribution in [0, 0.1) is 0 Å². The lowest BCUT2D eigenvalue weighted by molar-refractivity contribution is -0.896. The summed E-state index contributed by atoms with van der Waals surface area (Å²) < 4.78 is 0. The van der Waals surface area contributed by atoms with Gasteiger partial charge in [-0.2, -0.15) is 0 Å². The third kappa shape index (κ3) is 4.58. The van der Waals surface area contributed by atoms with Crippen LogP contribution in [0.1, 0.15) is 37.4 Å². The van der Waals surface area contributed by atoms with E-state index in [0.29, 0.717) is 17.1 Å². The van der Waals surface area contributed by atoms with Crippen LogP contribution in [-0.4, -0.2) is 47.9 Å². The molecule has 1 fully saturated rings. The molecule has 0 radical (unpaired) electrons. The Morgan fingerprint density at radius 1 is 1.07 bits per heavy atom. The van der Waals surface area contributed by atoms with Gasteiger partial charge in [0.05, 0.1) is 31.2 Å². The Morgan fingerprint density at radius 2 is 1.77 bits per heavy atom. The standard InChI is InChI=1S/C24H27ClN2O3/c1-3-26(4-2)14-9-15-27-21(18-12-8-13-19(25)16-18)20(23(29)24(27)30)22(28)17-10-6-5-7-11-17/h5-8,10-13,16,21,28H,3-4,9,14-15H2,1-2H3/p+1/t21-/m0/s1.